The van der Waals surface area contributed by atoms with Gasteiger partial charge < -0.3 is 19.8 Å². The van der Waals surface area contributed by atoms with Crippen molar-refractivity contribution in [3.05, 3.63) is 64.9 Å². The molecule has 1 atom stereocenters. The van der Waals surface area contributed by atoms with E-state index in [9.17, 15) is 23.1 Å². The highest BCUT2D eigenvalue weighted by atomic mass is 35.5. The first-order valence-corrected chi connectivity index (χ1v) is 13.0. The van der Waals surface area contributed by atoms with Crippen LogP contribution < -0.4 is 9.80 Å². The number of carbonyl (C=O) groups is 1. The van der Waals surface area contributed by atoms with Gasteiger partial charge in [-0.3, -0.25) is 4.68 Å². The number of carboxylic acids is 1. The average molecular weight is 584 g/mol. The molecule has 2 saturated heterocycles. The monoisotopic (exact) mass is 583 g/mol. The molecule has 39 heavy (non-hydrogen) atoms. The van der Waals surface area contributed by atoms with E-state index in [4.69, 9.17) is 11.6 Å². The topological polar surface area (TPSA) is 64.8 Å². The van der Waals surface area contributed by atoms with Crippen molar-refractivity contribution in [2.75, 3.05) is 56.1 Å². The van der Waals surface area contributed by atoms with E-state index >= 15 is 0 Å². The summed E-state index contributed by atoms with van der Waals surface area (Å²) in [6.07, 6.45) is -2.97. The molecule has 3 heterocycles. The highest BCUT2D eigenvalue weighted by Gasteiger charge is 2.42. The lowest BCUT2D eigenvalue weighted by Gasteiger charge is -2.36. The summed E-state index contributed by atoms with van der Waals surface area (Å²) in [5.41, 5.74) is 1.85. The molecule has 0 spiro atoms. The summed E-state index contributed by atoms with van der Waals surface area (Å²) in [5, 5.41) is 13.7. The van der Waals surface area contributed by atoms with E-state index in [0.29, 0.717) is 24.4 Å². The predicted octanol–water partition coefficient (Wildman–Crippen LogP) is 5.94. The molecular weight excluding hydrogens is 554 g/mol. The molecule has 2 aromatic carbocycles. The van der Waals surface area contributed by atoms with E-state index in [1.807, 2.05) is 23.1 Å². The van der Waals surface area contributed by atoms with Crippen molar-refractivity contribution in [3.63, 3.8) is 0 Å². The maximum atomic E-state index is 13.8. The highest BCUT2D eigenvalue weighted by molar-refractivity contribution is 6.31. The van der Waals surface area contributed by atoms with Crippen LogP contribution in [-0.4, -0.2) is 72.1 Å². The third kappa shape index (κ3) is 6.13. The zero-order chi connectivity index (χ0) is 27.0. The van der Waals surface area contributed by atoms with Crippen LogP contribution in [0.1, 0.15) is 34.9 Å². The van der Waals surface area contributed by atoms with E-state index < -0.39 is 29.4 Å². The zero-order valence-corrected chi connectivity index (χ0v) is 22.9. The Morgan fingerprint density at radius 3 is 2.36 bits per heavy atom. The molecule has 0 aliphatic carbocycles. The Morgan fingerprint density at radius 2 is 1.72 bits per heavy atom. The molecule has 210 valence electrons. The first kappa shape index (κ1) is 29.0. The number of halogens is 5. The number of aromatic nitrogens is 2. The summed E-state index contributed by atoms with van der Waals surface area (Å²) >= 11 is 6.37. The Balaban J connectivity index is 0.00000353. The number of piperazine rings is 1. The van der Waals surface area contributed by atoms with Crippen LogP contribution in [0.2, 0.25) is 5.02 Å². The maximum absolute atomic E-state index is 13.8. The zero-order valence-electron chi connectivity index (χ0n) is 21.4. The second-order valence-corrected chi connectivity index (χ2v) is 10.3. The van der Waals surface area contributed by atoms with Crippen molar-refractivity contribution in [1.29, 1.82) is 0 Å². The second-order valence-electron chi connectivity index (χ2n) is 9.90. The summed E-state index contributed by atoms with van der Waals surface area (Å²) in [6, 6.07) is 13.3. The molecule has 0 bridgehead atoms. The van der Waals surface area contributed by atoms with Gasteiger partial charge in [0, 0.05) is 61.2 Å². The van der Waals surface area contributed by atoms with Crippen LogP contribution in [0.4, 0.5) is 24.5 Å². The third-order valence-corrected chi connectivity index (χ3v) is 7.62. The molecule has 2 aliphatic heterocycles. The molecule has 1 aromatic heterocycles. The molecule has 1 unspecified atom stereocenters. The number of carboxylic acid groups (broad SMARTS) is 1. The van der Waals surface area contributed by atoms with Gasteiger partial charge in [0.05, 0.1) is 12.2 Å². The molecule has 3 aromatic rings. The smallest absolute Gasteiger partial charge is 0.433 e. The number of benzene rings is 2. The minimum Gasteiger partial charge on any atom is -0.478 e. The molecule has 0 radical (unpaired) electrons. The number of likely N-dealkylation sites (N-methyl/N-ethyl adjacent to an activating group) is 1. The Kier molecular flexibility index (Phi) is 8.68. The Morgan fingerprint density at radius 1 is 1.03 bits per heavy atom. The third-order valence-electron chi connectivity index (χ3n) is 7.38. The van der Waals surface area contributed by atoms with Crippen molar-refractivity contribution >= 4 is 41.4 Å². The van der Waals surface area contributed by atoms with Crippen molar-refractivity contribution in [1.82, 2.24) is 14.7 Å². The normalized spacial score (nSPS) is 18.6. The predicted molar refractivity (Wildman–Crippen MR) is 149 cm³/mol. The number of anilines is 2. The molecule has 5 rings (SSSR count). The molecule has 0 amide bonds. The number of alkyl halides is 3. The molecule has 1 N–H and O–H groups in total. The molecule has 7 nitrogen and oxygen atoms in total. The number of nitrogens with zero attached hydrogens (tertiary/aromatic N) is 5. The average Bonchev–Trinajstić information content (AvgIpc) is 3.36. The summed E-state index contributed by atoms with van der Waals surface area (Å²) in [6.45, 7) is 4.84. The number of piperidine rings is 1. The van der Waals surface area contributed by atoms with Gasteiger partial charge in [-0.25, -0.2) is 4.79 Å². The van der Waals surface area contributed by atoms with Gasteiger partial charge in [-0.1, -0.05) is 29.8 Å². The summed E-state index contributed by atoms with van der Waals surface area (Å²) in [5.74, 6) is -1.65. The van der Waals surface area contributed by atoms with Gasteiger partial charge in [0.1, 0.15) is 5.56 Å². The van der Waals surface area contributed by atoms with Crippen molar-refractivity contribution in [2.45, 2.75) is 25.1 Å². The van der Waals surface area contributed by atoms with Gasteiger partial charge in [-0.05, 0) is 49.7 Å². The Labute approximate surface area is 236 Å². The van der Waals surface area contributed by atoms with Crippen LogP contribution in [0.25, 0.3) is 11.1 Å². The van der Waals surface area contributed by atoms with Crippen LogP contribution in [0, 0.1) is 0 Å². The molecule has 12 heteroatoms. The fourth-order valence-electron chi connectivity index (χ4n) is 5.38. The van der Waals surface area contributed by atoms with Gasteiger partial charge in [-0.2, -0.15) is 18.3 Å². The standard InChI is InChI=1S/C27H29ClF3N5O2.ClH/c1-33-11-13-34(14-12-33)20-7-4-18(5-8-20)22-9-6-19(28)15-24(22)35-10-2-3-21(17-35)36-25(27(29,30)31)23(16-32-36)26(37)38;/h4-9,15-16,21H,2-3,10-14,17H2,1H3,(H,37,38);1H. The summed E-state index contributed by atoms with van der Waals surface area (Å²) in [7, 11) is 2.12. The lowest BCUT2D eigenvalue weighted by Crippen LogP contribution is -2.44. The highest BCUT2D eigenvalue weighted by Crippen LogP contribution is 2.39. The first-order valence-electron chi connectivity index (χ1n) is 12.6. The van der Waals surface area contributed by atoms with Crippen LogP contribution >= 0.6 is 24.0 Å². The van der Waals surface area contributed by atoms with Gasteiger partial charge >= 0.3 is 12.1 Å². The lowest BCUT2D eigenvalue weighted by atomic mass is 9.99. The van der Waals surface area contributed by atoms with Gasteiger partial charge in [0.25, 0.3) is 0 Å². The van der Waals surface area contributed by atoms with Crippen molar-refractivity contribution in [3.8, 4) is 11.1 Å². The van der Waals surface area contributed by atoms with Crippen molar-refractivity contribution in [2.24, 2.45) is 0 Å². The van der Waals surface area contributed by atoms with Crippen LogP contribution in [-0.2, 0) is 6.18 Å². The molecule has 2 fully saturated rings. The second kappa shape index (κ2) is 11.7. The summed E-state index contributed by atoms with van der Waals surface area (Å²) < 4.78 is 42.4. The lowest BCUT2D eigenvalue weighted by molar-refractivity contribution is -0.145. The Hall–Kier alpha value is -2.95. The number of aromatic carboxylic acids is 1. The molecular formula is C27H30Cl2F3N5O2. The van der Waals surface area contributed by atoms with E-state index in [1.165, 1.54) is 0 Å². The van der Waals surface area contributed by atoms with Gasteiger partial charge in [-0.15, -0.1) is 12.4 Å². The summed E-state index contributed by atoms with van der Waals surface area (Å²) in [4.78, 5) is 18.1. The number of rotatable bonds is 5. The van der Waals surface area contributed by atoms with E-state index in [0.717, 1.165) is 59.6 Å². The fraction of sp³-hybridized carbons (Fsp3) is 0.407. The number of hydrogen-bond acceptors (Lipinski definition) is 5. The molecule has 0 saturated carbocycles. The van der Waals surface area contributed by atoms with Crippen molar-refractivity contribution < 1.29 is 23.1 Å². The Bertz CT molecular complexity index is 1310. The van der Waals surface area contributed by atoms with E-state index in [-0.39, 0.29) is 19.0 Å². The first-order chi connectivity index (χ1) is 18.1. The maximum Gasteiger partial charge on any atom is 0.433 e. The minimum atomic E-state index is -4.83. The molecule has 2 aliphatic rings. The fourth-order valence-corrected chi connectivity index (χ4v) is 5.54. The van der Waals surface area contributed by atoms with Crippen LogP contribution in [0.15, 0.2) is 48.7 Å². The van der Waals surface area contributed by atoms with E-state index in [2.05, 4.69) is 46.2 Å². The van der Waals surface area contributed by atoms with Crippen LogP contribution in [0.5, 0.6) is 0 Å². The quantitative estimate of drug-likeness (QED) is 0.401. The van der Waals surface area contributed by atoms with Crippen LogP contribution in [0.3, 0.4) is 0 Å². The number of hydrogen-bond donors (Lipinski definition) is 1. The van der Waals surface area contributed by atoms with Gasteiger partial charge in [0.15, 0.2) is 5.69 Å². The minimum absolute atomic E-state index is 0. The van der Waals surface area contributed by atoms with Gasteiger partial charge in [0.2, 0.25) is 0 Å². The largest absolute Gasteiger partial charge is 0.478 e. The van der Waals surface area contributed by atoms with E-state index in [1.54, 1.807) is 0 Å². The SMILES string of the molecule is CN1CCN(c2ccc(-c3ccc(Cl)cc3N3CCCC(n4ncc(C(=O)O)c4C(F)(F)F)C3)cc2)CC1.Cl.